The summed E-state index contributed by atoms with van der Waals surface area (Å²) < 4.78 is 0. The zero-order valence-electron chi connectivity index (χ0n) is 14.8. The number of hydrogen-bond acceptors (Lipinski definition) is 4. The number of carbonyl (C=O) groups excluding carboxylic acids is 2. The first-order valence-electron chi connectivity index (χ1n) is 8.86. The van der Waals surface area contributed by atoms with Crippen LogP contribution in [0.5, 0.6) is 0 Å². The lowest BCUT2D eigenvalue weighted by Gasteiger charge is -2.34. The molecule has 2 aliphatic rings. The largest absolute Gasteiger partial charge is 0.369 e. The molecule has 2 aromatic carbocycles. The van der Waals surface area contributed by atoms with E-state index >= 15 is 0 Å². The topological polar surface area (TPSA) is 64.7 Å². The van der Waals surface area contributed by atoms with Gasteiger partial charge in [-0.2, -0.15) is 0 Å². The van der Waals surface area contributed by atoms with E-state index in [4.69, 9.17) is 0 Å². The van der Waals surface area contributed by atoms with Crippen molar-refractivity contribution in [3.8, 4) is 0 Å². The predicted octanol–water partition coefficient (Wildman–Crippen LogP) is 2.19. The Bertz CT molecular complexity index is 839. The Morgan fingerprint density at radius 2 is 1.77 bits per heavy atom. The summed E-state index contributed by atoms with van der Waals surface area (Å²) in [6.07, 6.45) is 0.360. The highest BCUT2D eigenvalue weighted by Gasteiger charge is 2.18. The van der Waals surface area contributed by atoms with Gasteiger partial charge < -0.3 is 20.4 Å². The minimum Gasteiger partial charge on any atom is -0.369 e. The van der Waals surface area contributed by atoms with Gasteiger partial charge in [-0.15, -0.1) is 0 Å². The third-order valence-electron chi connectivity index (χ3n) is 4.99. The Labute approximate surface area is 152 Å². The molecule has 134 valence electrons. The van der Waals surface area contributed by atoms with Crippen LogP contribution in [0.25, 0.3) is 0 Å². The van der Waals surface area contributed by atoms with Gasteiger partial charge in [0, 0.05) is 48.8 Å². The van der Waals surface area contributed by atoms with Crippen molar-refractivity contribution < 1.29 is 9.59 Å². The van der Waals surface area contributed by atoms with Crippen molar-refractivity contribution in [2.45, 2.75) is 6.42 Å². The first-order valence-corrected chi connectivity index (χ1v) is 8.86. The van der Waals surface area contributed by atoms with Crippen LogP contribution < -0.4 is 15.5 Å². The summed E-state index contributed by atoms with van der Waals surface area (Å²) in [5.41, 5.74) is 4.21. The highest BCUT2D eigenvalue weighted by molar-refractivity contribution is 6.05. The van der Waals surface area contributed by atoms with Gasteiger partial charge in [-0.3, -0.25) is 9.59 Å². The van der Waals surface area contributed by atoms with E-state index < -0.39 is 0 Å². The lowest BCUT2D eigenvalue weighted by molar-refractivity contribution is -0.115. The number of nitrogens with zero attached hydrogens (tertiary/aromatic N) is 2. The highest BCUT2D eigenvalue weighted by Crippen LogP contribution is 2.26. The Morgan fingerprint density at radius 1 is 1.04 bits per heavy atom. The van der Waals surface area contributed by atoms with Gasteiger partial charge in [-0.25, -0.2) is 0 Å². The van der Waals surface area contributed by atoms with Gasteiger partial charge in [0.2, 0.25) is 5.91 Å². The van der Waals surface area contributed by atoms with Crippen molar-refractivity contribution >= 4 is 28.9 Å². The number of carbonyl (C=O) groups is 2. The molecule has 2 N–H and O–H groups in total. The van der Waals surface area contributed by atoms with E-state index in [2.05, 4.69) is 27.5 Å². The third-order valence-corrected chi connectivity index (χ3v) is 4.99. The molecule has 0 unspecified atom stereocenters. The fourth-order valence-electron chi connectivity index (χ4n) is 3.40. The highest BCUT2D eigenvalue weighted by atomic mass is 16.2. The van der Waals surface area contributed by atoms with Gasteiger partial charge in [0.1, 0.15) is 0 Å². The second kappa shape index (κ2) is 6.80. The van der Waals surface area contributed by atoms with Crippen LogP contribution in [0.3, 0.4) is 0 Å². The van der Waals surface area contributed by atoms with Crippen molar-refractivity contribution in [2.75, 3.05) is 48.8 Å². The quantitative estimate of drug-likeness (QED) is 0.891. The van der Waals surface area contributed by atoms with Crippen LogP contribution in [0.2, 0.25) is 0 Å². The second-order valence-corrected chi connectivity index (χ2v) is 6.89. The molecule has 0 aromatic heterocycles. The molecule has 1 fully saturated rings. The molecule has 0 saturated carbocycles. The molecule has 2 amide bonds. The van der Waals surface area contributed by atoms with E-state index in [9.17, 15) is 9.59 Å². The number of likely N-dealkylation sites (N-methyl/N-ethyl adjacent to an activating group) is 1. The SMILES string of the molecule is CN1CCN(c2ccc(C(=O)Nc3ccc4c(c3)CC(=O)N4)cc2)CC1. The van der Waals surface area contributed by atoms with Crippen molar-refractivity contribution in [3.05, 3.63) is 53.6 Å². The van der Waals surface area contributed by atoms with Gasteiger partial charge in [0.15, 0.2) is 0 Å². The molecule has 0 atom stereocenters. The van der Waals surface area contributed by atoms with Crippen molar-refractivity contribution in [1.82, 2.24) is 4.90 Å². The molecule has 6 nitrogen and oxygen atoms in total. The van der Waals surface area contributed by atoms with Gasteiger partial charge >= 0.3 is 0 Å². The second-order valence-electron chi connectivity index (χ2n) is 6.89. The lowest BCUT2D eigenvalue weighted by atomic mass is 10.1. The molecule has 0 aliphatic carbocycles. The molecule has 4 rings (SSSR count). The number of anilines is 3. The maximum atomic E-state index is 12.5. The summed E-state index contributed by atoms with van der Waals surface area (Å²) >= 11 is 0. The normalized spacial score (nSPS) is 17.0. The number of hydrogen-bond donors (Lipinski definition) is 2. The van der Waals surface area contributed by atoms with E-state index in [1.165, 1.54) is 0 Å². The maximum Gasteiger partial charge on any atom is 0.255 e. The molecule has 2 heterocycles. The molecule has 2 aromatic rings. The smallest absolute Gasteiger partial charge is 0.255 e. The van der Waals surface area contributed by atoms with Crippen LogP contribution in [0.4, 0.5) is 17.1 Å². The van der Waals surface area contributed by atoms with Crippen LogP contribution in [-0.2, 0) is 11.2 Å². The van der Waals surface area contributed by atoms with E-state index in [1.54, 1.807) is 6.07 Å². The average molecular weight is 350 g/mol. The van der Waals surface area contributed by atoms with Gasteiger partial charge in [-0.05, 0) is 55.1 Å². The Morgan fingerprint density at radius 3 is 2.50 bits per heavy atom. The summed E-state index contributed by atoms with van der Waals surface area (Å²) in [6.45, 7) is 4.11. The van der Waals surface area contributed by atoms with Crippen molar-refractivity contribution in [3.63, 3.8) is 0 Å². The monoisotopic (exact) mass is 350 g/mol. The van der Waals surface area contributed by atoms with Crippen LogP contribution in [0.15, 0.2) is 42.5 Å². The number of piperazine rings is 1. The van der Waals surface area contributed by atoms with E-state index in [0.717, 1.165) is 43.1 Å². The van der Waals surface area contributed by atoms with E-state index in [-0.39, 0.29) is 11.8 Å². The number of benzene rings is 2. The maximum absolute atomic E-state index is 12.5. The fourth-order valence-corrected chi connectivity index (χ4v) is 3.40. The standard InChI is InChI=1S/C20H22N4O2/c1-23-8-10-24(11-9-23)17-5-2-14(3-6-17)20(26)21-16-4-7-18-15(12-16)13-19(25)22-18/h2-7,12H,8-11,13H2,1H3,(H,21,26)(H,22,25). The fraction of sp³-hybridized carbons (Fsp3) is 0.300. The van der Waals surface area contributed by atoms with Gasteiger partial charge in [0.05, 0.1) is 6.42 Å². The summed E-state index contributed by atoms with van der Waals surface area (Å²) in [7, 11) is 2.13. The van der Waals surface area contributed by atoms with E-state index in [0.29, 0.717) is 17.7 Å². The van der Waals surface area contributed by atoms with Crippen LogP contribution >= 0.6 is 0 Å². The molecule has 1 saturated heterocycles. The number of fused-ring (bicyclic) bond motifs is 1. The zero-order chi connectivity index (χ0) is 18.1. The molecule has 2 aliphatic heterocycles. The number of amides is 2. The zero-order valence-corrected chi connectivity index (χ0v) is 14.8. The molecule has 0 spiro atoms. The van der Waals surface area contributed by atoms with Crippen LogP contribution in [0.1, 0.15) is 15.9 Å². The Kier molecular flexibility index (Phi) is 4.34. The van der Waals surface area contributed by atoms with Crippen molar-refractivity contribution in [2.24, 2.45) is 0 Å². The van der Waals surface area contributed by atoms with Crippen LogP contribution in [-0.4, -0.2) is 49.9 Å². The Balaban J connectivity index is 1.42. The van der Waals surface area contributed by atoms with Crippen molar-refractivity contribution in [1.29, 1.82) is 0 Å². The summed E-state index contributed by atoms with van der Waals surface area (Å²) in [4.78, 5) is 28.6. The van der Waals surface area contributed by atoms with Gasteiger partial charge in [0.25, 0.3) is 5.91 Å². The molecular formula is C20H22N4O2. The van der Waals surface area contributed by atoms with E-state index in [1.807, 2.05) is 36.4 Å². The van der Waals surface area contributed by atoms with Crippen LogP contribution in [0, 0.1) is 0 Å². The molecule has 0 bridgehead atoms. The molecule has 26 heavy (non-hydrogen) atoms. The third kappa shape index (κ3) is 3.41. The van der Waals surface area contributed by atoms with Gasteiger partial charge in [-0.1, -0.05) is 0 Å². The molecular weight excluding hydrogens is 328 g/mol. The summed E-state index contributed by atoms with van der Waals surface area (Å²) in [5, 5.41) is 5.70. The molecule has 6 heteroatoms. The summed E-state index contributed by atoms with van der Waals surface area (Å²) in [6, 6.07) is 13.2. The number of nitrogens with one attached hydrogen (secondary N) is 2. The average Bonchev–Trinajstić information content (AvgIpc) is 3.02. The molecule has 0 radical (unpaired) electrons. The first-order chi connectivity index (χ1) is 12.6. The number of rotatable bonds is 3. The predicted molar refractivity (Wildman–Crippen MR) is 103 cm³/mol. The lowest BCUT2D eigenvalue weighted by Crippen LogP contribution is -2.44. The minimum atomic E-state index is -0.146. The first kappa shape index (κ1) is 16.6. The summed E-state index contributed by atoms with van der Waals surface area (Å²) in [5.74, 6) is -0.157. The Hall–Kier alpha value is -2.86. The minimum absolute atomic E-state index is 0.0111.